The van der Waals surface area contributed by atoms with Crippen LogP contribution in [0.4, 0.5) is 5.82 Å². The van der Waals surface area contributed by atoms with E-state index in [4.69, 9.17) is 0 Å². The van der Waals surface area contributed by atoms with Crippen LogP contribution < -0.4 is 5.43 Å². The van der Waals surface area contributed by atoms with Gasteiger partial charge >= 0.3 is 5.97 Å². The number of nitrogens with one attached hydrogen (secondary N) is 1. The van der Waals surface area contributed by atoms with Gasteiger partial charge in [-0.05, 0) is 17.7 Å². The molecular formula is C17H14N4O2. The van der Waals surface area contributed by atoms with Crippen molar-refractivity contribution < 1.29 is 9.53 Å². The number of methoxy groups -OCH3 is 1. The Morgan fingerprint density at radius 1 is 1.17 bits per heavy atom. The molecule has 0 fully saturated rings. The topological polar surface area (TPSA) is 76.5 Å². The highest BCUT2D eigenvalue weighted by molar-refractivity contribution is 5.92. The fourth-order valence-electron chi connectivity index (χ4n) is 2.10. The Morgan fingerprint density at radius 3 is 2.74 bits per heavy atom. The molecule has 114 valence electrons. The van der Waals surface area contributed by atoms with Gasteiger partial charge in [-0.2, -0.15) is 10.2 Å². The van der Waals surface area contributed by atoms with E-state index in [1.165, 1.54) is 7.11 Å². The molecule has 3 aromatic rings. The van der Waals surface area contributed by atoms with Crippen molar-refractivity contribution in [2.75, 3.05) is 12.5 Å². The molecule has 1 aromatic heterocycles. The number of esters is 1. The van der Waals surface area contributed by atoms with E-state index >= 15 is 0 Å². The minimum atomic E-state index is -0.363. The third kappa shape index (κ3) is 3.32. The van der Waals surface area contributed by atoms with E-state index in [1.54, 1.807) is 36.7 Å². The fraction of sp³-hybridized carbons (Fsp3) is 0.0588. The van der Waals surface area contributed by atoms with Gasteiger partial charge in [0.15, 0.2) is 5.82 Å². The number of hydrogen-bond acceptors (Lipinski definition) is 6. The molecule has 0 saturated heterocycles. The SMILES string of the molecule is COC(=O)c1ccc(C=NNc2nncc3ccccc23)cc1. The van der Waals surface area contributed by atoms with Gasteiger partial charge in [-0.3, -0.25) is 5.43 Å². The first-order valence-corrected chi connectivity index (χ1v) is 6.96. The number of aromatic nitrogens is 2. The summed E-state index contributed by atoms with van der Waals surface area (Å²) in [5, 5.41) is 14.1. The Balaban J connectivity index is 1.74. The molecule has 1 heterocycles. The quantitative estimate of drug-likeness (QED) is 0.455. The van der Waals surface area contributed by atoms with Crippen molar-refractivity contribution in [3.05, 3.63) is 65.9 Å². The van der Waals surface area contributed by atoms with Crippen LogP contribution in [0.3, 0.4) is 0 Å². The number of ether oxygens (including phenoxy) is 1. The van der Waals surface area contributed by atoms with Crippen LogP contribution in [0, 0.1) is 0 Å². The lowest BCUT2D eigenvalue weighted by Crippen LogP contribution is -2.01. The summed E-state index contributed by atoms with van der Waals surface area (Å²) in [7, 11) is 1.35. The molecule has 0 radical (unpaired) electrons. The maximum absolute atomic E-state index is 11.4. The van der Waals surface area contributed by atoms with Crippen molar-refractivity contribution in [1.82, 2.24) is 10.2 Å². The van der Waals surface area contributed by atoms with Gasteiger partial charge in [-0.25, -0.2) is 4.79 Å². The van der Waals surface area contributed by atoms with Crippen molar-refractivity contribution >= 4 is 28.8 Å². The molecule has 23 heavy (non-hydrogen) atoms. The predicted octanol–water partition coefficient (Wildman–Crippen LogP) is 2.86. The summed E-state index contributed by atoms with van der Waals surface area (Å²) in [6.45, 7) is 0. The molecule has 0 atom stereocenters. The average Bonchev–Trinajstić information content (AvgIpc) is 2.62. The number of rotatable bonds is 4. The van der Waals surface area contributed by atoms with E-state index in [0.29, 0.717) is 11.4 Å². The van der Waals surface area contributed by atoms with Gasteiger partial charge in [-0.1, -0.05) is 36.4 Å². The van der Waals surface area contributed by atoms with Gasteiger partial charge in [0.25, 0.3) is 0 Å². The number of carbonyl (C=O) groups is 1. The number of hydrogen-bond donors (Lipinski definition) is 1. The van der Waals surface area contributed by atoms with E-state index in [9.17, 15) is 4.79 Å². The van der Waals surface area contributed by atoms with Crippen LogP contribution in [0.2, 0.25) is 0 Å². The summed E-state index contributed by atoms with van der Waals surface area (Å²) < 4.78 is 4.66. The summed E-state index contributed by atoms with van der Waals surface area (Å²) >= 11 is 0. The summed E-state index contributed by atoms with van der Waals surface area (Å²) in [6, 6.07) is 14.7. The zero-order chi connectivity index (χ0) is 16.1. The van der Waals surface area contributed by atoms with Crippen molar-refractivity contribution in [2.45, 2.75) is 0 Å². The molecule has 0 spiro atoms. The average molecular weight is 306 g/mol. The zero-order valence-corrected chi connectivity index (χ0v) is 12.4. The van der Waals surface area contributed by atoms with Crippen molar-refractivity contribution in [3.63, 3.8) is 0 Å². The number of anilines is 1. The Labute approximate surface area is 132 Å². The largest absolute Gasteiger partial charge is 0.465 e. The zero-order valence-electron chi connectivity index (χ0n) is 12.4. The molecule has 0 bridgehead atoms. The number of fused-ring (bicyclic) bond motifs is 1. The molecule has 0 amide bonds. The molecule has 0 aliphatic carbocycles. The van der Waals surface area contributed by atoms with E-state index in [1.807, 2.05) is 24.3 Å². The molecule has 0 saturated carbocycles. The van der Waals surface area contributed by atoms with Gasteiger partial charge in [0.1, 0.15) is 0 Å². The van der Waals surface area contributed by atoms with Gasteiger partial charge in [-0.15, -0.1) is 5.10 Å². The molecule has 0 unspecified atom stereocenters. The van der Waals surface area contributed by atoms with Crippen LogP contribution in [0.25, 0.3) is 10.8 Å². The lowest BCUT2D eigenvalue weighted by molar-refractivity contribution is 0.0600. The van der Waals surface area contributed by atoms with Crippen LogP contribution in [-0.4, -0.2) is 29.5 Å². The van der Waals surface area contributed by atoms with Crippen LogP contribution in [0.1, 0.15) is 15.9 Å². The second-order valence-corrected chi connectivity index (χ2v) is 4.76. The Morgan fingerprint density at radius 2 is 1.96 bits per heavy atom. The first kappa shape index (κ1) is 14.6. The Kier molecular flexibility index (Phi) is 4.24. The highest BCUT2D eigenvalue weighted by atomic mass is 16.5. The van der Waals surface area contributed by atoms with E-state index < -0.39 is 0 Å². The highest BCUT2D eigenvalue weighted by Crippen LogP contribution is 2.18. The van der Waals surface area contributed by atoms with Gasteiger partial charge in [0.2, 0.25) is 0 Å². The van der Waals surface area contributed by atoms with Crippen LogP contribution in [-0.2, 0) is 4.74 Å². The molecule has 6 heteroatoms. The van der Waals surface area contributed by atoms with E-state index in [-0.39, 0.29) is 5.97 Å². The van der Waals surface area contributed by atoms with Crippen molar-refractivity contribution in [3.8, 4) is 0 Å². The number of nitrogens with zero attached hydrogens (tertiary/aromatic N) is 3. The maximum Gasteiger partial charge on any atom is 0.337 e. The van der Waals surface area contributed by atoms with Crippen molar-refractivity contribution in [2.24, 2.45) is 5.10 Å². The molecule has 1 N–H and O–H groups in total. The maximum atomic E-state index is 11.4. The molecule has 3 rings (SSSR count). The van der Waals surface area contributed by atoms with Crippen LogP contribution >= 0.6 is 0 Å². The standard InChI is InChI=1S/C17H14N4O2/c1-23-17(22)13-8-6-12(7-9-13)10-18-20-16-15-5-3-2-4-14(15)11-19-21-16/h2-11H,1H3,(H,20,21). The molecule has 6 nitrogen and oxygen atoms in total. The number of benzene rings is 2. The first-order valence-electron chi connectivity index (χ1n) is 6.96. The molecule has 0 aliphatic rings. The summed E-state index contributed by atoms with van der Waals surface area (Å²) in [6.07, 6.45) is 3.35. The molecule has 0 aliphatic heterocycles. The lowest BCUT2D eigenvalue weighted by Gasteiger charge is -2.03. The third-order valence-electron chi connectivity index (χ3n) is 3.29. The van der Waals surface area contributed by atoms with Gasteiger partial charge < -0.3 is 4.74 Å². The normalized spacial score (nSPS) is 10.8. The number of carbonyl (C=O) groups excluding carboxylic acids is 1. The van der Waals surface area contributed by atoms with Crippen molar-refractivity contribution in [1.29, 1.82) is 0 Å². The summed E-state index contributed by atoms with van der Waals surface area (Å²) in [5.41, 5.74) is 4.23. The van der Waals surface area contributed by atoms with Gasteiger partial charge in [0, 0.05) is 10.8 Å². The second kappa shape index (κ2) is 6.65. The van der Waals surface area contributed by atoms with Crippen LogP contribution in [0.15, 0.2) is 59.8 Å². The summed E-state index contributed by atoms with van der Waals surface area (Å²) in [5.74, 6) is 0.225. The monoisotopic (exact) mass is 306 g/mol. The molecular weight excluding hydrogens is 292 g/mol. The fourth-order valence-corrected chi connectivity index (χ4v) is 2.10. The lowest BCUT2D eigenvalue weighted by atomic mass is 10.1. The Bertz CT molecular complexity index is 855. The smallest absolute Gasteiger partial charge is 0.337 e. The molecule has 2 aromatic carbocycles. The minimum Gasteiger partial charge on any atom is -0.465 e. The van der Waals surface area contributed by atoms with Crippen LogP contribution in [0.5, 0.6) is 0 Å². The minimum absolute atomic E-state index is 0.363. The van der Waals surface area contributed by atoms with Gasteiger partial charge in [0.05, 0.1) is 25.1 Å². The summed E-state index contributed by atoms with van der Waals surface area (Å²) in [4.78, 5) is 11.4. The number of hydrazone groups is 1. The second-order valence-electron chi connectivity index (χ2n) is 4.76. The Hall–Kier alpha value is -3.28. The van der Waals surface area contributed by atoms with E-state index in [2.05, 4.69) is 25.5 Å². The third-order valence-corrected chi connectivity index (χ3v) is 3.29. The first-order chi connectivity index (χ1) is 11.3. The predicted molar refractivity (Wildman–Crippen MR) is 88.5 cm³/mol. The highest BCUT2D eigenvalue weighted by Gasteiger charge is 2.03. The van der Waals surface area contributed by atoms with E-state index in [0.717, 1.165) is 16.3 Å².